The lowest BCUT2D eigenvalue weighted by atomic mass is 9.69. The van der Waals surface area contributed by atoms with Gasteiger partial charge in [0.05, 0.1) is 0 Å². The summed E-state index contributed by atoms with van der Waals surface area (Å²) in [4.78, 5) is 11.8. The largest absolute Gasteiger partial charge is 0.299 e. The van der Waals surface area contributed by atoms with Crippen LogP contribution in [0.4, 0.5) is 0 Å². The van der Waals surface area contributed by atoms with Crippen molar-refractivity contribution in [2.75, 3.05) is 0 Å². The quantitative estimate of drug-likeness (QED) is 0.647. The summed E-state index contributed by atoms with van der Waals surface area (Å²) in [6.45, 7) is 17.0. The van der Waals surface area contributed by atoms with Gasteiger partial charge in [0.25, 0.3) is 0 Å². The van der Waals surface area contributed by atoms with E-state index in [1.807, 2.05) is 13.8 Å². The van der Waals surface area contributed by atoms with Crippen LogP contribution in [-0.2, 0) is 4.79 Å². The van der Waals surface area contributed by atoms with Gasteiger partial charge in [0, 0.05) is 5.41 Å². The third kappa shape index (κ3) is 2.32. The average Bonchev–Trinajstić information content (AvgIpc) is 2.51. The number of Topliss-reactive ketones (excluding diaryl/α,β-unsaturated/α-hetero) is 1. The molecule has 1 unspecified atom stereocenters. The van der Waals surface area contributed by atoms with E-state index < -0.39 is 0 Å². The van der Waals surface area contributed by atoms with Crippen LogP contribution in [0.15, 0.2) is 22.8 Å². The number of allylic oxidation sites excluding steroid dienone is 4. The third-order valence-corrected chi connectivity index (χ3v) is 5.48. The van der Waals surface area contributed by atoms with Gasteiger partial charge in [-0.2, -0.15) is 0 Å². The predicted octanol–water partition coefficient (Wildman–Crippen LogP) is 4.93. The van der Waals surface area contributed by atoms with Crippen molar-refractivity contribution in [1.82, 2.24) is 0 Å². The van der Waals surface area contributed by atoms with E-state index >= 15 is 0 Å². The summed E-state index contributed by atoms with van der Waals surface area (Å²) in [6, 6.07) is 0. The van der Waals surface area contributed by atoms with Gasteiger partial charge in [-0.05, 0) is 59.3 Å². The van der Waals surface area contributed by atoms with Gasteiger partial charge >= 0.3 is 0 Å². The maximum Gasteiger partial charge on any atom is 0.139 e. The summed E-state index contributed by atoms with van der Waals surface area (Å²) < 4.78 is 0. The van der Waals surface area contributed by atoms with Crippen molar-refractivity contribution in [3.8, 4) is 0 Å². The van der Waals surface area contributed by atoms with Crippen molar-refractivity contribution in [3.63, 3.8) is 0 Å². The molecule has 0 spiro atoms. The predicted molar refractivity (Wildman–Crippen MR) is 78.5 cm³/mol. The fraction of sp³-hybridized carbons (Fsp3) is 0.706. The van der Waals surface area contributed by atoms with Crippen LogP contribution < -0.4 is 0 Å². The molecule has 0 radical (unpaired) electrons. The zero-order valence-electron chi connectivity index (χ0n) is 13.3. The van der Waals surface area contributed by atoms with Gasteiger partial charge in [-0.3, -0.25) is 4.79 Å². The van der Waals surface area contributed by atoms with Gasteiger partial charge in [-0.25, -0.2) is 0 Å². The van der Waals surface area contributed by atoms with Gasteiger partial charge in [0.2, 0.25) is 0 Å². The molecule has 0 amide bonds. The third-order valence-electron chi connectivity index (χ3n) is 5.48. The maximum absolute atomic E-state index is 11.8. The molecule has 1 aliphatic rings. The first-order chi connectivity index (χ1) is 8.02. The van der Waals surface area contributed by atoms with Crippen molar-refractivity contribution < 1.29 is 4.79 Å². The molecule has 18 heavy (non-hydrogen) atoms. The van der Waals surface area contributed by atoms with Crippen LogP contribution in [-0.4, -0.2) is 5.78 Å². The minimum Gasteiger partial charge on any atom is -0.299 e. The molecule has 0 heterocycles. The van der Waals surface area contributed by atoms with Gasteiger partial charge in [-0.15, -0.1) is 0 Å². The molecule has 0 aromatic carbocycles. The molecule has 1 rings (SSSR count). The van der Waals surface area contributed by atoms with Gasteiger partial charge in [-0.1, -0.05) is 36.6 Å². The zero-order chi connectivity index (χ0) is 14.3. The Bertz CT molecular complexity index is 419. The molecule has 0 fully saturated rings. The number of carbonyl (C=O) groups excluding carboxylic acids is 1. The number of hydrogen-bond donors (Lipinski definition) is 0. The number of carbonyl (C=O) groups is 1. The summed E-state index contributed by atoms with van der Waals surface area (Å²) in [7, 11) is 0. The first-order valence-corrected chi connectivity index (χ1v) is 6.89. The average molecular weight is 248 g/mol. The first kappa shape index (κ1) is 15.2. The highest BCUT2D eigenvalue weighted by molar-refractivity contribution is 5.84. The molecule has 0 aromatic rings. The topological polar surface area (TPSA) is 17.1 Å². The minimum atomic E-state index is -0.337. The second kappa shape index (κ2) is 4.68. The molecular formula is C17H28O. The lowest BCUT2D eigenvalue weighted by Gasteiger charge is -2.34. The lowest BCUT2D eigenvalue weighted by molar-refractivity contribution is -0.123. The fourth-order valence-electron chi connectivity index (χ4n) is 2.86. The Kier molecular flexibility index (Phi) is 3.95. The Morgan fingerprint density at radius 2 is 1.78 bits per heavy atom. The molecule has 1 heteroatoms. The Labute approximate surface area is 112 Å². The summed E-state index contributed by atoms with van der Waals surface area (Å²) in [6.07, 6.45) is 3.46. The molecular weight excluding hydrogens is 220 g/mol. The Balaban J connectivity index is 3.16. The highest BCUT2D eigenvalue weighted by Gasteiger charge is 2.38. The normalized spacial score (nSPS) is 24.7. The Hall–Kier alpha value is -0.850. The highest BCUT2D eigenvalue weighted by Crippen LogP contribution is 2.48. The number of hydrogen-bond acceptors (Lipinski definition) is 1. The summed E-state index contributed by atoms with van der Waals surface area (Å²) >= 11 is 0. The van der Waals surface area contributed by atoms with E-state index in [0.717, 1.165) is 6.42 Å². The molecule has 0 aromatic heterocycles. The van der Waals surface area contributed by atoms with Gasteiger partial charge < -0.3 is 0 Å². The molecule has 1 atom stereocenters. The van der Waals surface area contributed by atoms with Crippen molar-refractivity contribution >= 4 is 5.78 Å². The van der Waals surface area contributed by atoms with Crippen LogP contribution in [0, 0.1) is 16.7 Å². The first-order valence-electron chi connectivity index (χ1n) is 6.89. The lowest BCUT2D eigenvalue weighted by Crippen LogP contribution is -2.28. The molecule has 1 aliphatic carbocycles. The van der Waals surface area contributed by atoms with Crippen molar-refractivity contribution in [2.24, 2.45) is 16.7 Å². The van der Waals surface area contributed by atoms with Crippen molar-refractivity contribution in [3.05, 3.63) is 22.8 Å². The Morgan fingerprint density at radius 3 is 2.11 bits per heavy atom. The minimum absolute atomic E-state index is 0.220. The molecule has 0 N–H and O–H groups in total. The van der Waals surface area contributed by atoms with E-state index in [4.69, 9.17) is 0 Å². The van der Waals surface area contributed by atoms with E-state index in [2.05, 4.69) is 40.7 Å². The van der Waals surface area contributed by atoms with Gasteiger partial charge in [0.1, 0.15) is 5.78 Å². The van der Waals surface area contributed by atoms with E-state index in [-0.39, 0.29) is 16.6 Å². The molecule has 0 saturated heterocycles. The number of rotatable bonds is 3. The SMILES string of the molecule is CC(=O)C(C)(C)/C(C)=C(\C)C1CC=C(C)C1(C)C. The summed E-state index contributed by atoms with van der Waals surface area (Å²) in [5.41, 5.74) is 4.00. The van der Waals surface area contributed by atoms with Crippen LogP contribution in [0.2, 0.25) is 0 Å². The Morgan fingerprint density at radius 1 is 1.28 bits per heavy atom. The second-order valence-electron chi connectivity index (χ2n) is 6.89. The highest BCUT2D eigenvalue weighted by atomic mass is 16.1. The molecule has 0 aliphatic heterocycles. The summed E-state index contributed by atoms with van der Waals surface area (Å²) in [5.74, 6) is 0.788. The van der Waals surface area contributed by atoms with Crippen LogP contribution in [0.3, 0.4) is 0 Å². The fourth-order valence-corrected chi connectivity index (χ4v) is 2.86. The molecule has 0 bridgehead atoms. The monoisotopic (exact) mass is 248 g/mol. The molecule has 1 nitrogen and oxygen atoms in total. The van der Waals surface area contributed by atoms with Crippen LogP contribution in [0.5, 0.6) is 0 Å². The number of ketones is 1. The van der Waals surface area contributed by atoms with Crippen LogP contribution in [0.1, 0.15) is 61.8 Å². The zero-order valence-corrected chi connectivity index (χ0v) is 13.3. The standard InChI is InChI=1S/C17H28O/c1-11-9-10-15(16(11,5)6)12(2)13(3)17(7,8)14(4)18/h9,15H,10H2,1-8H3/b13-12+. The second-order valence-corrected chi connectivity index (χ2v) is 6.89. The molecule has 102 valence electrons. The maximum atomic E-state index is 11.8. The van der Waals surface area contributed by atoms with Crippen molar-refractivity contribution in [2.45, 2.75) is 61.8 Å². The van der Waals surface area contributed by atoms with E-state index in [0.29, 0.717) is 5.92 Å². The smallest absolute Gasteiger partial charge is 0.139 e. The van der Waals surface area contributed by atoms with E-state index in [1.165, 1.54) is 16.7 Å². The molecule has 0 saturated carbocycles. The van der Waals surface area contributed by atoms with Crippen LogP contribution in [0.25, 0.3) is 0 Å². The van der Waals surface area contributed by atoms with Crippen LogP contribution >= 0.6 is 0 Å². The van der Waals surface area contributed by atoms with E-state index in [1.54, 1.807) is 6.92 Å². The van der Waals surface area contributed by atoms with E-state index in [9.17, 15) is 4.79 Å². The van der Waals surface area contributed by atoms with Crippen molar-refractivity contribution in [1.29, 1.82) is 0 Å². The summed E-state index contributed by atoms with van der Waals surface area (Å²) in [5, 5.41) is 0. The van der Waals surface area contributed by atoms with Gasteiger partial charge in [0.15, 0.2) is 0 Å².